The number of esters is 1. The molecule has 9 nitrogen and oxygen atoms in total. The predicted octanol–water partition coefficient (Wildman–Crippen LogP) is 2.59. The summed E-state index contributed by atoms with van der Waals surface area (Å²) in [6, 6.07) is 11.5. The third-order valence-electron chi connectivity index (χ3n) is 5.34. The Balaban J connectivity index is 1.42. The second-order valence-corrected chi connectivity index (χ2v) is 7.14. The summed E-state index contributed by atoms with van der Waals surface area (Å²) in [6.07, 6.45) is -2.36. The molecule has 3 unspecified atom stereocenters. The van der Waals surface area contributed by atoms with Crippen LogP contribution in [0.3, 0.4) is 0 Å². The normalized spacial score (nSPS) is 26.7. The standard InChI is InChI=1S/C20H21NO8/c1-11(12-3-4-14-8-15(25-2)6-5-13(14)7-12)20(22)27-17-10-26-16-9-18(28-19(16)17)29-21(23)24/h3-8,11,16-19H,9-10H2,1-2H3/t11-,16?,17+,18?,19?/m0/s1. The van der Waals surface area contributed by atoms with Crippen LogP contribution in [0.2, 0.25) is 0 Å². The van der Waals surface area contributed by atoms with Crippen LogP contribution in [0.1, 0.15) is 24.8 Å². The molecule has 2 aromatic rings. The van der Waals surface area contributed by atoms with Gasteiger partial charge in [0.25, 0.3) is 5.09 Å². The number of carbonyl (C=O) groups excluding carboxylic acids is 1. The minimum absolute atomic E-state index is 0.191. The molecule has 0 N–H and O–H groups in total. The van der Waals surface area contributed by atoms with Crippen LogP contribution in [-0.4, -0.2) is 49.4 Å². The van der Waals surface area contributed by atoms with Crippen LogP contribution in [0, 0.1) is 10.1 Å². The van der Waals surface area contributed by atoms with E-state index in [0.717, 1.165) is 22.1 Å². The number of hydrogen-bond acceptors (Lipinski definition) is 8. The van der Waals surface area contributed by atoms with Gasteiger partial charge < -0.3 is 18.9 Å². The van der Waals surface area contributed by atoms with Gasteiger partial charge in [-0.3, -0.25) is 9.63 Å². The van der Waals surface area contributed by atoms with Crippen molar-refractivity contribution in [3.05, 3.63) is 52.1 Å². The number of carbonyl (C=O) groups is 1. The summed E-state index contributed by atoms with van der Waals surface area (Å²) in [5.41, 5.74) is 0.824. The van der Waals surface area contributed by atoms with Gasteiger partial charge in [0.05, 0.1) is 25.7 Å². The van der Waals surface area contributed by atoms with Gasteiger partial charge in [0.15, 0.2) is 6.10 Å². The van der Waals surface area contributed by atoms with Crippen LogP contribution in [0.15, 0.2) is 36.4 Å². The second kappa shape index (κ2) is 7.84. The molecule has 154 valence electrons. The maximum Gasteiger partial charge on any atom is 0.313 e. The lowest BCUT2D eigenvalue weighted by Crippen LogP contribution is -2.34. The average Bonchev–Trinajstić information content (AvgIpc) is 3.27. The average molecular weight is 403 g/mol. The molecule has 0 bridgehead atoms. The summed E-state index contributed by atoms with van der Waals surface area (Å²) in [6.45, 7) is 1.96. The van der Waals surface area contributed by atoms with Crippen molar-refractivity contribution < 1.29 is 33.7 Å². The summed E-state index contributed by atoms with van der Waals surface area (Å²) in [7, 11) is 1.62. The van der Waals surface area contributed by atoms with E-state index in [1.807, 2.05) is 36.4 Å². The van der Waals surface area contributed by atoms with E-state index in [-0.39, 0.29) is 19.1 Å². The molecule has 0 saturated carbocycles. The fraction of sp³-hybridized carbons (Fsp3) is 0.450. The van der Waals surface area contributed by atoms with E-state index in [2.05, 4.69) is 4.84 Å². The van der Waals surface area contributed by atoms with Gasteiger partial charge in [-0.25, -0.2) is 0 Å². The molecule has 2 aromatic carbocycles. The largest absolute Gasteiger partial charge is 0.497 e. The third kappa shape index (κ3) is 3.96. The quantitative estimate of drug-likeness (QED) is 0.412. The highest BCUT2D eigenvalue weighted by atomic mass is 17.0. The molecule has 2 fully saturated rings. The molecular formula is C20H21NO8. The van der Waals surface area contributed by atoms with E-state index < -0.39 is 35.5 Å². The van der Waals surface area contributed by atoms with Gasteiger partial charge >= 0.3 is 5.97 Å². The molecule has 2 aliphatic rings. The van der Waals surface area contributed by atoms with Crippen molar-refractivity contribution in [3.63, 3.8) is 0 Å². The van der Waals surface area contributed by atoms with E-state index >= 15 is 0 Å². The monoisotopic (exact) mass is 403 g/mol. The molecule has 9 heteroatoms. The second-order valence-electron chi connectivity index (χ2n) is 7.14. The van der Waals surface area contributed by atoms with Crippen molar-refractivity contribution in [3.8, 4) is 5.75 Å². The van der Waals surface area contributed by atoms with Gasteiger partial charge in [-0.2, -0.15) is 0 Å². The minimum Gasteiger partial charge on any atom is -0.497 e. The van der Waals surface area contributed by atoms with E-state index in [0.29, 0.717) is 0 Å². The van der Waals surface area contributed by atoms with Crippen LogP contribution in [0.25, 0.3) is 10.8 Å². The molecule has 29 heavy (non-hydrogen) atoms. The van der Waals surface area contributed by atoms with Crippen molar-refractivity contribution >= 4 is 16.7 Å². The van der Waals surface area contributed by atoms with Gasteiger partial charge in [-0.1, -0.05) is 24.3 Å². The summed E-state index contributed by atoms with van der Waals surface area (Å²) in [4.78, 5) is 27.6. The zero-order chi connectivity index (χ0) is 20.5. The predicted molar refractivity (Wildman–Crippen MR) is 99.9 cm³/mol. The maximum atomic E-state index is 12.7. The topological polar surface area (TPSA) is 106 Å². The Morgan fingerprint density at radius 1 is 1.24 bits per heavy atom. The number of nitrogens with zero attached hydrogens (tertiary/aromatic N) is 1. The Morgan fingerprint density at radius 3 is 2.76 bits per heavy atom. The lowest BCUT2D eigenvalue weighted by molar-refractivity contribution is -0.779. The minimum atomic E-state index is -1.00. The smallest absolute Gasteiger partial charge is 0.313 e. The van der Waals surface area contributed by atoms with Gasteiger partial charge in [-0.15, -0.1) is 10.1 Å². The Bertz CT molecular complexity index is 932. The van der Waals surface area contributed by atoms with Gasteiger partial charge in [-0.05, 0) is 35.4 Å². The number of benzene rings is 2. The zero-order valence-corrected chi connectivity index (χ0v) is 16.0. The fourth-order valence-electron chi connectivity index (χ4n) is 3.74. The molecule has 5 atom stereocenters. The molecule has 0 aliphatic carbocycles. The number of ether oxygens (including phenoxy) is 4. The lowest BCUT2D eigenvalue weighted by Gasteiger charge is -2.20. The summed E-state index contributed by atoms with van der Waals surface area (Å²) in [5.74, 6) is -0.133. The van der Waals surface area contributed by atoms with Crippen LogP contribution >= 0.6 is 0 Å². The summed E-state index contributed by atoms with van der Waals surface area (Å²) in [5, 5.41) is 11.6. The number of rotatable bonds is 6. The van der Waals surface area contributed by atoms with Crippen LogP contribution in [0.5, 0.6) is 5.75 Å². The summed E-state index contributed by atoms with van der Waals surface area (Å²) < 4.78 is 21.9. The van der Waals surface area contributed by atoms with E-state index in [1.54, 1.807) is 14.0 Å². The fourth-order valence-corrected chi connectivity index (χ4v) is 3.74. The highest BCUT2D eigenvalue weighted by Crippen LogP contribution is 2.34. The molecule has 0 spiro atoms. The molecule has 4 rings (SSSR count). The molecule has 2 saturated heterocycles. The number of methoxy groups -OCH3 is 1. The van der Waals surface area contributed by atoms with Crippen molar-refractivity contribution in [2.24, 2.45) is 0 Å². The van der Waals surface area contributed by atoms with Crippen molar-refractivity contribution in [2.75, 3.05) is 13.7 Å². The first-order valence-corrected chi connectivity index (χ1v) is 9.31. The Kier molecular flexibility index (Phi) is 5.25. The van der Waals surface area contributed by atoms with E-state index in [4.69, 9.17) is 18.9 Å². The van der Waals surface area contributed by atoms with Crippen LogP contribution in [0.4, 0.5) is 0 Å². The van der Waals surface area contributed by atoms with Crippen LogP contribution < -0.4 is 4.74 Å². The lowest BCUT2D eigenvalue weighted by atomic mass is 9.97. The number of hydrogen-bond donors (Lipinski definition) is 0. The van der Waals surface area contributed by atoms with Crippen molar-refractivity contribution in [1.29, 1.82) is 0 Å². The van der Waals surface area contributed by atoms with E-state index in [1.165, 1.54) is 0 Å². The maximum absolute atomic E-state index is 12.7. The first-order chi connectivity index (χ1) is 13.9. The van der Waals surface area contributed by atoms with Gasteiger partial charge in [0, 0.05) is 6.42 Å². The zero-order valence-electron chi connectivity index (χ0n) is 16.0. The van der Waals surface area contributed by atoms with Gasteiger partial charge in [0.2, 0.25) is 6.29 Å². The molecule has 2 aliphatic heterocycles. The Hall–Kier alpha value is -2.91. The van der Waals surface area contributed by atoms with Crippen LogP contribution in [-0.2, 0) is 23.8 Å². The third-order valence-corrected chi connectivity index (χ3v) is 5.34. The molecule has 0 amide bonds. The molecule has 0 aromatic heterocycles. The first-order valence-electron chi connectivity index (χ1n) is 9.31. The van der Waals surface area contributed by atoms with Gasteiger partial charge in [0.1, 0.15) is 11.9 Å². The van der Waals surface area contributed by atoms with Crippen molar-refractivity contribution in [1.82, 2.24) is 0 Å². The molecule has 2 heterocycles. The summed E-state index contributed by atoms with van der Waals surface area (Å²) >= 11 is 0. The number of fused-ring (bicyclic) bond motifs is 2. The highest BCUT2D eigenvalue weighted by molar-refractivity contribution is 5.86. The van der Waals surface area contributed by atoms with Crippen molar-refractivity contribution in [2.45, 2.75) is 43.9 Å². The SMILES string of the molecule is COc1ccc2cc([C@H](C)C(=O)O[C@@H]3COC4CC(O[N+](=O)[O-])OC43)ccc2c1. The molecule has 0 radical (unpaired) electrons. The Morgan fingerprint density at radius 2 is 2.00 bits per heavy atom. The highest BCUT2D eigenvalue weighted by Gasteiger charge is 2.49. The Labute approximate surface area is 166 Å². The molecular weight excluding hydrogens is 382 g/mol. The first kappa shape index (κ1) is 19.4. The van der Waals surface area contributed by atoms with E-state index in [9.17, 15) is 14.9 Å².